The molecule has 1 unspecified atom stereocenters. The van der Waals surface area contributed by atoms with Crippen molar-refractivity contribution in [1.29, 1.82) is 0 Å². The topological polar surface area (TPSA) is 66.5 Å². The summed E-state index contributed by atoms with van der Waals surface area (Å²) < 4.78 is 0. The van der Waals surface area contributed by atoms with Crippen LogP contribution in [0, 0.1) is 0 Å². The van der Waals surface area contributed by atoms with Gasteiger partial charge in [0.05, 0.1) is 11.0 Å². The molecule has 3 aromatic rings. The molecule has 30 heavy (non-hydrogen) atoms. The lowest BCUT2D eigenvalue weighted by Gasteiger charge is -2.15. The van der Waals surface area contributed by atoms with Crippen molar-refractivity contribution in [2.45, 2.75) is 18.1 Å². The predicted octanol–water partition coefficient (Wildman–Crippen LogP) is 3.88. The van der Waals surface area contributed by atoms with Crippen molar-refractivity contribution in [1.82, 2.24) is 4.90 Å². The van der Waals surface area contributed by atoms with Crippen LogP contribution in [0.2, 0.25) is 0 Å². The zero-order valence-corrected chi connectivity index (χ0v) is 17.2. The number of hydrogen-bond donors (Lipinski definition) is 1. The molecular formula is C24H22N2O3S. The normalized spacial score (nSPS) is 16.3. The maximum atomic E-state index is 12.6. The molecule has 0 saturated carbocycles. The van der Waals surface area contributed by atoms with Gasteiger partial charge in [-0.2, -0.15) is 0 Å². The van der Waals surface area contributed by atoms with Crippen LogP contribution in [-0.2, 0) is 20.8 Å². The summed E-state index contributed by atoms with van der Waals surface area (Å²) in [7, 11) is 0. The van der Waals surface area contributed by atoms with Gasteiger partial charge in [0.2, 0.25) is 17.7 Å². The molecule has 4 rings (SSSR count). The number of carbonyl (C=O) groups is 3. The third-order valence-electron chi connectivity index (χ3n) is 5.12. The third-order valence-corrected chi connectivity index (χ3v) is 6.32. The Labute approximate surface area is 179 Å². The van der Waals surface area contributed by atoms with E-state index >= 15 is 0 Å². The van der Waals surface area contributed by atoms with E-state index in [0.717, 1.165) is 22.0 Å². The van der Waals surface area contributed by atoms with Gasteiger partial charge in [-0.25, -0.2) is 0 Å². The van der Waals surface area contributed by atoms with Crippen LogP contribution in [0.3, 0.4) is 0 Å². The summed E-state index contributed by atoms with van der Waals surface area (Å²) in [6.45, 7) is 0.377. The average molecular weight is 419 g/mol. The Bertz CT molecular complexity index is 1080. The van der Waals surface area contributed by atoms with Gasteiger partial charge in [-0.05, 0) is 34.9 Å². The third kappa shape index (κ3) is 4.71. The lowest BCUT2D eigenvalue weighted by molar-refractivity contribution is -0.138. The van der Waals surface area contributed by atoms with Gasteiger partial charge in [0, 0.05) is 18.7 Å². The second-order valence-electron chi connectivity index (χ2n) is 7.23. The fourth-order valence-electron chi connectivity index (χ4n) is 3.54. The highest BCUT2D eigenvalue weighted by molar-refractivity contribution is 8.01. The van der Waals surface area contributed by atoms with E-state index in [4.69, 9.17) is 0 Å². The lowest BCUT2D eigenvalue weighted by Crippen LogP contribution is -2.33. The van der Waals surface area contributed by atoms with Crippen LogP contribution in [0.4, 0.5) is 5.69 Å². The van der Waals surface area contributed by atoms with E-state index in [-0.39, 0.29) is 29.9 Å². The Morgan fingerprint density at radius 2 is 1.70 bits per heavy atom. The molecule has 1 N–H and O–H groups in total. The van der Waals surface area contributed by atoms with E-state index in [0.29, 0.717) is 13.0 Å². The molecule has 0 spiro atoms. The quantitative estimate of drug-likeness (QED) is 0.592. The van der Waals surface area contributed by atoms with Crippen LogP contribution in [0.1, 0.15) is 12.0 Å². The molecule has 3 aromatic carbocycles. The Morgan fingerprint density at radius 3 is 2.50 bits per heavy atom. The largest absolute Gasteiger partial charge is 0.325 e. The zero-order valence-electron chi connectivity index (χ0n) is 16.4. The van der Waals surface area contributed by atoms with Gasteiger partial charge in [-0.3, -0.25) is 19.3 Å². The minimum absolute atomic E-state index is 0.128. The first-order valence-electron chi connectivity index (χ1n) is 9.88. The van der Waals surface area contributed by atoms with Crippen LogP contribution in [0.5, 0.6) is 0 Å². The maximum Gasteiger partial charge on any atom is 0.242 e. The Hall–Kier alpha value is -3.12. The number of nitrogens with one attached hydrogen (secondary N) is 1. The van der Waals surface area contributed by atoms with Crippen LogP contribution in [0.15, 0.2) is 72.8 Å². The van der Waals surface area contributed by atoms with Gasteiger partial charge in [-0.15, -0.1) is 11.8 Å². The second kappa shape index (κ2) is 9.13. The summed E-state index contributed by atoms with van der Waals surface area (Å²) in [5.74, 6) is -0.413. The van der Waals surface area contributed by atoms with E-state index in [1.54, 1.807) is 0 Å². The van der Waals surface area contributed by atoms with Crippen molar-refractivity contribution >= 4 is 45.9 Å². The molecule has 5 nitrogen and oxygen atoms in total. The highest BCUT2D eigenvalue weighted by atomic mass is 32.2. The van der Waals surface area contributed by atoms with E-state index in [2.05, 4.69) is 5.32 Å². The Kier molecular flexibility index (Phi) is 6.14. The summed E-state index contributed by atoms with van der Waals surface area (Å²) in [5, 5.41) is 4.54. The minimum atomic E-state index is -0.490. The molecule has 0 bridgehead atoms. The van der Waals surface area contributed by atoms with Crippen molar-refractivity contribution in [3.63, 3.8) is 0 Å². The number of anilines is 1. The first-order valence-corrected chi connectivity index (χ1v) is 10.9. The van der Waals surface area contributed by atoms with Crippen molar-refractivity contribution in [2.24, 2.45) is 0 Å². The van der Waals surface area contributed by atoms with Gasteiger partial charge in [0.25, 0.3) is 0 Å². The summed E-state index contributed by atoms with van der Waals surface area (Å²) >= 11 is 1.23. The molecule has 0 aromatic heterocycles. The molecule has 1 aliphatic rings. The Balaban J connectivity index is 1.29. The Morgan fingerprint density at radius 1 is 0.967 bits per heavy atom. The summed E-state index contributed by atoms with van der Waals surface area (Å²) in [6, 6.07) is 23.5. The average Bonchev–Trinajstić information content (AvgIpc) is 3.04. The number of amides is 3. The smallest absolute Gasteiger partial charge is 0.242 e. The first-order chi connectivity index (χ1) is 14.6. The number of rotatable bonds is 7. The van der Waals surface area contributed by atoms with E-state index in [1.165, 1.54) is 16.7 Å². The van der Waals surface area contributed by atoms with Gasteiger partial charge in [-0.1, -0.05) is 60.7 Å². The summed E-state index contributed by atoms with van der Waals surface area (Å²) in [4.78, 5) is 38.5. The standard InChI is InChI=1S/C24H22N2O3S/c27-22(25-20-11-10-18-8-4-5-9-19(18)14-20)16-30-21-15-23(28)26(24(21)29)13-12-17-6-2-1-3-7-17/h1-11,14,21H,12-13,15-16H2,(H,25,27). The van der Waals surface area contributed by atoms with E-state index < -0.39 is 5.25 Å². The number of fused-ring (bicyclic) bond motifs is 1. The number of benzene rings is 3. The van der Waals surface area contributed by atoms with Crippen LogP contribution < -0.4 is 5.32 Å². The van der Waals surface area contributed by atoms with Gasteiger partial charge in [0.15, 0.2) is 0 Å². The fraction of sp³-hybridized carbons (Fsp3) is 0.208. The molecule has 1 fully saturated rings. The highest BCUT2D eigenvalue weighted by Gasteiger charge is 2.38. The van der Waals surface area contributed by atoms with Crippen LogP contribution >= 0.6 is 11.8 Å². The molecule has 1 atom stereocenters. The zero-order chi connectivity index (χ0) is 20.9. The molecule has 0 aliphatic carbocycles. The molecule has 0 radical (unpaired) electrons. The van der Waals surface area contributed by atoms with Crippen LogP contribution in [0.25, 0.3) is 10.8 Å². The fourth-order valence-corrected chi connectivity index (χ4v) is 4.50. The summed E-state index contributed by atoms with van der Waals surface area (Å²) in [6.07, 6.45) is 0.791. The molecule has 152 valence electrons. The number of imide groups is 1. The lowest BCUT2D eigenvalue weighted by atomic mass is 10.1. The van der Waals surface area contributed by atoms with Crippen LogP contribution in [-0.4, -0.2) is 40.2 Å². The maximum absolute atomic E-state index is 12.6. The van der Waals surface area contributed by atoms with Crippen molar-refractivity contribution in [3.8, 4) is 0 Å². The highest BCUT2D eigenvalue weighted by Crippen LogP contribution is 2.26. The molecule has 3 amide bonds. The molecule has 6 heteroatoms. The number of thioether (sulfide) groups is 1. The van der Waals surface area contributed by atoms with Crippen molar-refractivity contribution in [2.75, 3.05) is 17.6 Å². The monoisotopic (exact) mass is 418 g/mol. The number of likely N-dealkylation sites (tertiary alicyclic amines) is 1. The summed E-state index contributed by atoms with van der Waals surface area (Å²) in [5.41, 5.74) is 1.81. The van der Waals surface area contributed by atoms with Crippen molar-refractivity contribution in [3.05, 3.63) is 78.4 Å². The number of hydrogen-bond acceptors (Lipinski definition) is 4. The number of nitrogens with zero attached hydrogens (tertiary/aromatic N) is 1. The molecular weight excluding hydrogens is 396 g/mol. The SMILES string of the molecule is O=C(CSC1CC(=O)N(CCc2ccccc2)C1=O)Nc1ccc2ccccc2c1. The predicted molar refractivity (Wildman–Crippen MR) is 120 cm³/mol. The molecule has 1 aliphatic heterocycles. The second-order valence-corrected chi connectivity index (χ2v) is 8.42. The number of carbonyl (C=O) groups excluding carboxylic acids is 3. The first kappa shape index (κ1) is 20.2. The van der Waals surface area contributed by atoms with E-state index in [1.807, 2.05) is 72.8 Å². The van der Waals surface area contributed by atoms with Gasteiger partial charge in [0.1, 0.15) is 0 Å². The minimum Gasteiger partial charge on any atom is -0.325 e. The molecule has 1 saturated heterocycles. The van der Waals surface area contributed by atoms with Crippen molar-refractivity contribution < 1.29 is 14.4 Å². The van der Waals surface area contributed by atoms with Gasteiger partial charge >= 0.3 is 0 Å². The molecule has 1 heterocycles. The van der Waals surface area contributed by atoms with Gasteiger partial charge < -0.3 is 5.32 Å². The van der Waals surface area contributed by atoms with E-state index in [9.17, 15) is 14.4 Å².